The van der Waals surface area contributed by atoms with Gasteiger partial charge in [-0.3, -0.25) is 4.79 Å². The minimum absolute atomic E-state index is 0.0798. The normalized spacial score (nSPS) is 12.3. The number of anilines is 1. The molecule has 1 atom stereocenters. The Balaban J connectivity index is 2.07. The molecule has 0 fully saturated rings. The Hall–Kier alpha value is -2.95. The van der Waals surface area contributed by atoms with Gasteiger partial charge in [0.15, 0.2) is 0 Å². The van der Waals surface area contributed by atoms with Crippen molar-refractivity contribution in [1.29, 1.82) is 5.26 Å². The predicted octanol–water partition coefficient (Wildman–Crippen LogP) is 4.56. The molecule has 0 aliphatic rings. The van der Waals surface area contributed by atoms with Crippen molar-refractivity contribution < 1.29 is 4.79 Å². The number of aromatic nitrogens is 1. The number of fused-ring (bicyclic) bond motifs is 1. The number of primary amides is 1. The number of carbonyl (C=O) groups excluding carboxylic acids is 1. The first-order valence-corrected chi connectivity index (χ1v) is 11.6. The van der Waals surface area contributed by atoms with Gasteiger partial charge < -0.3 is 15.5 Å². The number of hydrogen-bond donors (Lipinski definition) is 1. The summed E-state index contributed by atoms with van der Waals surface area (Å²) in [7, 11) is 4.12. The van der Waals surface area contributed by atoms with Crippen molar-refractivity contribution in [2.45, 2.75) is 39.8 Å². The molecule has 0 spiro atoms. The molecule has 3 aromatic rings. The minimum Gasteiger partial charge on any atom is -0.368 e. The number of rotatable bonds is 9. The molecular formula is C25H31N5OS. The van der Waals surface area contributed by atoms with Gasteiger partial charge in [-0.05, 0) is 78.9 Å². The van der Waals surface area contributed by atoms with Gasteiger partial charge in [0.2, 0.25) is 5.91 Å². The van der Waals surface area contributed by atoms with E-state index in [9.17, 15) is 10.1 Å². The molecule has 0 saturated heterocycles. The third-order valence-corrected chi connectivity index (χ3v) is 6.41. The number of carbonyl (C=O) groups is 1. The summed E-state index contributed by atoms with van der Waals surface area (Å²) in [6.45, 7) is 7.03. The van der Waals surface area contributed by atoms with Crippen molar-refractivity contribution in [3.63, 3.8) is 0 Å². The summed E-state index contributed by atoms with van der Waals surface area (Å²) < 4.78 is 4.58. The van der Waals surface area contributed by atoms with Gasteiger partial charge in [0.05, 0.1) is 11.8 Å². The van der Waals surface area contributed by atoms with Gasteiger partial charge in [-0.1, -0.05) is 38.1 Å². The van der Waals surface area contributed by atoms with Crippen LogP contribution < -0.4 is 10.6 Å². The molecule has 0 radical (unpaired) electrons. The predicted molar refractivity (Wildman–Crippen MR) is 133 cm³/mol. The molecule has 32 heavy (non-hydrogen) atoms. The average molecular weight is 450 g/mol. The van der Waals surface area contributed by atoms with Gasteiger partial charge in [0, 0.05) is 12.1 Å². The number of nitriles is 1. The topological polar surface area (TPSA) is 86.2 Å². The molecule has 1 amide bonds. The Morgan fingerprint density at radius 3 is 2.50 bits per heavy atom. The largest absolute Gasteiger partial charge is 0.368 e. The van der Waals surface area contributed by atoms with Gasteiger partial charge in [-0.25, -0.2) is 0 Å². The molecule has 0 bridgehead atoms. The second kappa shape index (κ2) is 10.1. The Morgan fingerprint density at radius 2 is 1.88 bits per heavy atom. The SMILES string of the molecule is Cc1nsc(N(CC#N)[C@@H](CC(C)C)C(N)=O)c1-c1ccc2cc(CN(C)C)ccc2c1. The van der Waals surface area contributed by atoms with Gasteiger partial charge >= 0.3 is 0 Å². The van der Waals surface area contributed by atoms with Crippen molar-refractivity contribution in [2.24, 2.45) is 11.7 Å². The van der Waals surface area contributed by atoms with Gasteiger partial charge in [-0.2, -0.15) is 9.64 Å². The van der Waals surface area contributed by atoms with E-state index < -0.39 is 11.9 Å². The zero-order valence-corrected chi connectivity index (χ0v) is 20.2. The maximum atomic E-state index is 12.3. The molecule has 1 aromatic heterocycles. The third kappa shape index (κ3) is 5.26. The van der Waals surface area contributed by atoms with E-state index in [-0.39, 0.29) is 12.5 Å². The lowest BCUT2D eigenvalue weighted by Gasteiger charge is -2.30. The first kappa shape index (κ1) is 23.7. The van der Waals surface area contributed by atoms with E-state index in [1.807, 2.05) is 25.7 Å². The van der Waals surface area contributed by atoms with Gasteiger partial charge in [0.1, 0.15) is 17.6 Å². The molecule has 2 aromatic carbocycles. The lowest BCUT2D eigenvalue weighted by Crippen LogP contribution is -2.46. The van der Waals surface area contributed by atoms with Gasteiger partial charge in [-0.15, -0.1) is 0 Å². The molecule has 0 unspecified atom stereocenters. The number of nitrogens with two attached hydrogens (primary N) is 1. The van der Waals surface area contributed by atoms with Crippen LogP contribution in [0, 0.1) is 24.2 Å². The van der Waals surface area contributed by atoms with E-state index in [2.05, 4.69) is 65.8 Å². The van der Waals surface area contributed by atoms with Crippen molar-refractivity contribution in [3.8, 4) is 17.2 Å². The fourth-order valence-electron chi connectivity index (χ4n) is 4.04. The van der Waals surface area contributed by atoms with Crippen LogP contribution in [0.4, 0.5) is 5.00 Å². The number of benzene rings is 2. The highest BCUT2D eigenvalue weighted by Gasteiger charge is 2.29. The van der Waals surface area contributed by atoms with E-state index in [0.717, 1.165) is 33.8 Å². The quantitative estimate of drug-likeness (QED) is 0.484. The first-order chi connectivity index (χ1) is 15.2. The standard InChI is InChI=1S/C25H31N5OS/c1-16(2)12-22(24(27)31)30(11-10-26)25-23(17(3)28-32-25)21-9-8-19-13-18(15-29(4)5)6-7-20(19)14-21/h6-9,13-14,16,22H,11-12,15H2,1-5H3,(H2,27,31)/t22-/m0/s1. The van der Waals surface area contributed by atoms with E-state index >= 15 is 0 Å². The Morgan fingerprint density at radius 1 is 1.19 bits per heavy atom. The fourth-order valence-corrected chi connectivity index (χ4v) is 5.01. The Bertz CT molecular complexity index is 1140. The minimum atomic E-state index is -0.553. The van der Waals surface area contributed by atoms with Gasteiger partial charge in [0.25, 0.3) is 0 Å². The summed E-state index contributed by atoms with van der Waals surface area (Å²) in [4.78, 5) is 16.3. The molecule has 6 nitrogen and oxygen atoms in total. The summed E-state index contributed by atoms with van der Waals surface area (Å²) in [5, 5.41) is 12.6. The van der Waals surface area contributed by atoms with Crippen molar-refractivity contribution in [3.05, 3.63) is 47.7 Å². The average Bonchev–Trinajstić information content (AvgIpc) is 3.10. The molecule has 0 saturated carbocycles. The lowest BCUT2D eigenvalue weighted by molar-refractivity contribution is -0.119. The number of nitrogens with zero attached hydrogens (tertiary/aromatic N) is 4. The van der Waals surface area contributed by atoms with Crippen molar-refractivity contribution >= 4 is 33.2 Å². The molecule has 0 aliphatic heterocycles. The zero-order valence-electron chi connectivity index (χ0n) is 19.4. The zero-order chi connectivity index (χ0) is 23.4. The summed E-state index contributed by atoms with van der Waals surface area (Å²) in [5.41, 5.74) is 9.89. The van der Waals surface area contributed by atoms with Crippen LogP contribution in [0.3, 0.4) is 0 Å². The lowest BCUT2D eigenvalue weighted by atomic mass is 9.98. The molecule has 1 heterocycles. The number of amides is 1. The summed E-state index contributed by atoms with van der Waals surface area (Å²) in [6, 6.07) is 14.5. The number of aryl methyl sites for hydroxylation is 1. The Labute approximate surface area is 194 Å². The highest BCUT2D eigenvalue weighted by molar-refractivity contribution is 7.11. The maximum Gasteiger partial charge on any atom is 0.240 e. The van der Waals surface area contributed by atoms with Crippen LogP contribution in [0.25, 0.3) is 21.9 Å². The van der Waals surface area contributed by atoms with Crippen LogP contribution in [0.1, 0.15) is 31.5 Å². The smallest absolute Gasteiger partial charge is 0.240 e. The van der Waals surface area contributed by atoms with E-state index in [4.69, 9.17) is 5.73 Å². The monoisotopic (exact) mass is 449 g/mol. The molecule has 2 N–H and O–H groups in total. The summed E-state index contributed by atoms with van der Waals surface area (Å²) >= 11 is 1.32. The molecule has 3 rings (SSSR count). The van der Waals surface area contributed by atoms with E-state index in [1.54, 1.807) is 0 Å². The van der Waals surface area contributed by atoms with E-state index in [0.29, 0.717) is 6.42 Å². The van der Waals surface area contributed by atoms with Crippen LogP contribution >= 0.6 is 11.5 Å². The first-order valence-electron chi connectivity index (χ1n) is 10.8. The highest BCUT2D eigenvalue weighted by Crippen LogP contribution is 2.40. The summed E-state index contributed by atoms with van der Waals surface area (Å²) in [6.07, 6.45) is 0.583. The fraction of sp³-hybridized carbons (Fsp3) is 0.400. The van der Waals surface area contributed by atoms with Crippen LogP contribution in [0.2, 0.25) is 0 Å². The molecular weight excluding hydrogens is 418 g/mol. The van der Waals surface area contributed by atoms with Crippen molar-refractivity contribution in [2.75, 3.05) is 25.5 Å². The third-order valence-electron chi connectivity index (χ3n) is 5.44. The summed E-state index contributed by atoms with van der Waals surface area (Å²) in [5.74, 6) is -0.152. The highest BCUT2D eigenvalue weighted by atomic mass is 32.1. The van der Waals surface area contributed by atoms with Crippen LogP contribution in [0.15, 0.2) is 36.4 Å². The second-order valence-corrected chi connectivity index (χ2v) is 9.67. The van der Waals surface area contributed by atoms with Crippen LogP contribution in [0.5, 0.6) is 0 Å². The van der Waals surface area contributed by atoms with Crippen molar-refractivity contribution in [1.82, 2.24) is 9.27 Å². The molecule has 7 heteroatoms. The van der Waals surface area contributed by atoms with Crippen LogP contribution in [-0.4, -0.2) is 41.9 Å². The number of hydrogen-bond acceptors (Lipinski definition) is 6. The molecule has 168 valence electrons. The maximum absolute atomic E-state index is 12.3. The van der Waals surface area contributed by atoms with Crippen LogP contribution in [-0.2, 0) is 11.3 Å². The van der Waals surface area contributed by atoms with E-state index in [1.165, 1.54) is 22.5 Å². The Kier molecular flexibility index (Phi) is 7.49. The molecule has 0 aliphatic carbocycles. The second-order valence-electron chi connectivity index (χ2n) is 8.92.